The van der Waals surface area contributed by atoms with Crippen LogP contribution in [0.25, 0.3) is 16.8 Å². The van der Waals surface area contributed by atoms with Gasteiger partial charge < -0.3 is 10.1 Å². The Morgan fingerprint density at radius 1 is 1.15 bits per heavy atom. The third-order valence-electron chi connectivity index (χ3n) is 6.09. The molecule has 1 aliphatic carbocycles. The lowest BCUT2D eigenvalue weighted by Gasteiger charge is -2.20. The average Bonchev–Trinajstić information content (AvgIpc) is 3.23. The first-order valence-electron chi connectivity index (χ1n) is 11.5. The van der Waals surface area contributed by atoms with E-state index in [9.17, 15) is 9.18 Å². The number of aryl methyl sites for hydroxylation is 3. The van der Waals surface area contributed by atoms with Crippen LogP contribution in [0.15, 0.2) is 36.5 Å². The van der Waals surface area contributed by atoms with Crippen molar-refractivity contribution < 1.29 is 13.9 Å². The van der Waals surface area contributed by atoms with Gasteiger partial charge in [0, 0.05) is 28.8 Å². The molecule has 0 saturated heterocycles. The van der Waals surface area contributed by atoms with Crippen LogP contribution in [0.3, 0.4) is 0 Å². The molecule has 1 aliphatic rings. The minimum atomic E-state index is -0.428. The number of nitrogens with zero attached hydrogens (tertiary/aromatic N) is 4. The summed E-state index contributed by atoms with van der Waals surface area (Å²) in [7, 11) is 0. The van der Waals surface area contributed by atoms with Gasteiger partial charge in [-0.3, -0.25) is 4.98 Å². The fourth-order valence-electron chi connectivity index (χ4n) is 4.55. The number of carbonyl (C=O) groups excluding carboxylic acids is 1. The molecule has 0 radical (unpaired) electrons. The van der Waals surface area contributed by atoms with E-state index in [1.807, 2.05) is 19.9 Å². The molecule has 0 spiro atoms. The number of nitrogens with one attached hydrogen (secondary N) is 1. The van der Waals surface area contributed by atoms with Gasteiger partial charge in [-0.15, -0.1) is 5.10 Å². The molecule has 0 bridgehead atoms. The van der Waals surface area contributed by atoms with Crippen LogP contribution in [0.1, 0.15) is 52.6 Å². The molecule has 0 fully saturated rings. The van der Waals surface area contributed by atoms with Gasteiger partial charge in [0.2, 0.25) is 5.95 Å². The van der Waals surface area contributed by atoms with Crippen LogP contribution in [0.4, 0.5) is 16.0 Å². The van der Waals surface area contributed by atoms with E-state index >= 15 is 0 Å². The fourth-order valence-corrected chi connectivity index (χ4v) is 4.55. The Balaban J connectivity index is 1.66. The normalized spacial score (nSPS) is 13.1. The first-order valence-corrected chi connectivity index (χ1v) is 11.5. The highest BCUT2D eigenvalue weighted by molar-refractivity contribution is 5.93. The van der Waals surface area contributed by atoms with Crippen LogP contribution in [0.2, 0.25) is 0 Å². The second-order valence-corrected chi connectivity index (χ2v) is 8.59. The third kappa shape index (κ3) is 4.11. The Kier molecular flexibility index (Phi) is 5.73. The lowest BCUT2D eigenvalue weighted by Crippen LogP contribution is -2.11. The van der Waals surface area contributed by atoms with Gasteiger partial charge >= 0.3 is 5.97 Å². The minimum Gasteiger partial charge on any atom is -0.462 e. The molecule has 4 aromatic rings. The smallest absolute Gasteiger partial charge is 0.339 e. The number of halogens is 1. The van der Waals surface area contributed by atoms with E-state index in [0.29, 0.717) is 22.7 Å². The maximum Gasteiger partial charge on any atom is 0.339 e. The van der Waals surface area contributed by atoms with Crippen molar-refractivity contribution in [1.82, 2.24) is 19.6 Å². The van der Waals surface area contributed by atoms with Crippen molar-refractivity contribution in [1.29, 1.82) is 0 Å². The Hall–Kier alpha value is -3.81. The van der Waals surface area contributed by atoms with E-state index in [1.54, 1.807) is 29.8 Å². The number of benzene rings is 1. The molecule has 3 heterocycles. The zero-order valence-electron chi connectivity index (χ0n) is 19.5. The number of esters is 1. The van der Waals surface area contributed by atoms with Crippen molar-refractivity contribution in [3.05, 3.63) is 70.4 Å². The van der Waals surface area contributed by atoms with Gasteiger partial charge in [0.1, 0.15) is 11.5 Å². The maximum atomic E-state index is 13.8. The first-order chi connectivity index (χ1) is 16.4. The standard InChI is InChI=1S/C26H26FN5O2/c1-4-34-25(33)17-13-23-24(19-10-9-18(27)11-15(19)2)30-26(31-32(23)14-17)29-22-12-16(3)28-21-8-6-5-7-20(21)22/h9-14H,4-8H2,1-3H3,(H,28,29,31). The molecule has 5 rings (SSSR count). The van der Waals surface area contributed by atoms with Gasteiger partial charge in [-0.2, -0.15) is 0 Å². The number of ether oxygens (including phenoxy) is 1. The van der Waals surface area contributed by atoms with Crippen molar-refractivity contribution in [2.75, 3.05) is 11.9 Å². The third-order valence-corrected chi connectivity index (χ3v) is 6.09. The number of hydrogen-bond donors (Lipinski definition) is 1. The number of fused-ring (bicyclic) bond motifs is 2. The lowest BCUT2D eigenvalue weighted by molar-refractivity contribution is 0.0526. The van der Waals surface area contributed by atoms with Crippen LogP contribution in [-0.4, -0.2) is 32.2 Å². The topological polar surface area (TPSA) is 81.4 Å². The molecular weight excluding hydrogens is 433 g/mol. The van der Waals surface area contributed by atoms with Crippen LogP contribution in [-0.2, 0) is 17.6 Å². The predicted molar refractivity (Wildman–Crippen MR) is 128 cm³/mol. The summed E-state index contributed by atoms with van der Waals surface area (Å²) in [5, 5.41) is 8.03. The summed E-state index contributed by atoms with van der Waals surface area (Å²) in [5.41, 5.74) is 7.31. The zero-order valence-corrected chi connectivity index (χ0v) is 19.5. The predicted octanol–water partition coefficient (Wildman–Crippen LogP) is 5.35. The Labute approximate surface area is 197 Å². The largest absolute Gasteiger partial charge is 0.462 e. The minimum absolute atomic E-state index is 0.278. The van der Waals surface area contributed by atoms with Gasteiger partial charge in [0.15, 0.2) is 0 Å². The van der Waals surface area contributed by atoms with Crippen molar-refractivity contribution in [3.8, 4) is 11.3 Å². The van der Waals surface area contributed by atoms with Gasteiger partial charge in [-0.1, -0.05) is 0 Å². The molecule has 1 aromatic carbocycles. The number of anilines is 2. The molecular formula is C26H26FN5O2. The van der Waals surface area contributed by atoms with Crippen molar-refractivity contribution >= 4 is 23.1 Å². The summed E-state index contributed by atoms with van der Waals surface area (Å²) in [5.74, 6) is -0.357. The second-order valence-electron chi connectivity index (χ2n) is 8.59. The molecule has 7 nitrogen and oxygen atoms in total. The number of aromatic nitrogens is 4. The molecule has 8 heteroatoms. The molecule has 0 amide bonds. The highest BCUT2D eigenvalue weighted by Gasteiger charge is 2.20. The van der Waals surface area contributed by atoms with Crippen LogP contribution >= 0.6 is 0 Å². The Bertz CT molecular complexity index is 1410. The molecule has 0 atom stereocenters. The zero-order chi connectivity index (χ0) is 23.8. The molecule has 3 aromatic heterocycles. The maximum absolute atomic E-state index is 13.8. The van der Waals surface area contributed by atoms with E-state index in [-0.39, 0.29) is 12.4 Å². The summed E-state index contributed by atoms with van der Waals surface area (Å²) in [6, 6.07) is 8.30. The van der Waals surface area contributed by atoms with Crippen molar-refractivity contribution in [3.63, 3.8) is 0 Å². The molecule has 0 saturated carbocycles. The van der Waals surface area contributed by atoms with Crippen LogP contribution < -0.4 is 5.32 Å². The highest BCUT2D eigenvalue weighted by atomic mass is 19.1. The van der Waals surface area contributed by atoms with E-state index < -0.39 is 5.97 Å². The summed E-state index contributed by atoms with van der Waals surface area (Å²) in [6.45, 7) is 5.86. The summed E-state index contributed by atoms with van der Waals surface area (Å²) < 4.78 is 20.6. The fraction of sp³-hybridized carbons (Fsp3) is 0.308. The van der Waals surface area contributed by atoms with Gasteiger partial charge in [-0.05, 0) is 87.9 Å². The molecule has 34 heavy (non-hydrogen) atoms. The monoisotopic (exact) mass is 459 g/mol. The van der Waals surface area contributed by atoms with Crippen LogP contribution in [0, 0.1) is 19.7 Å². The SMILES string of the molecule is CCOC(=O)c1cc2c(-c3ccc(F)cc3C)nc(Nc3cc(C)nc4c3CCCC4)nn2c1. The molecule has 174 valence electrons. The number of pyridine rings is 1. The summed E-state index contributed by atoms with van der Waals surface area (Å²) >= 11 is 0. The Morgan fingerprint density at radius 3 is 2.76 bits per heavy atom. The van der Waals surface area contributed by atoms with Gasteiger partial charge in [0.25, 0.3) is 0 Å². The number of carbonyl (C=O) groups is 1. The van der Waals surface area contributed by atoms with Gasteiger partial charge in [0.05, 0.1) is 17.7 Å². The number of rotatable bonds is 5. The van der Waals surface area contributed by atoms with E-state index in [4.69, 9.17) is 14.7 Å². The lowest BCUT2D eigenvalue weighted by atomic mass is 9.94. The highest BCUT2D eigenvalue weighted by Crippen LogP contribution is 2.32. The van der Waals surface area contributed by atoms with Crippen molar-refractivity contribution in [2.24, 2.45) is 0 Å². The molecule has 0 unspecified atom stereocenters. The summed E-state index contributed by atoms with van der Waals surface area (Å²) in [4.78, 5) is 21.9. The Morgan fingerprint density at radius 2 is 1.97 bits per heavy atom. The number of hydrogen-bond acceptors (Lipinski definition) is 6. The first kappa shape index (κ1) is 22.0. The van der Waals surface area contributed by atoms with Gasteiger partial charge in [-0.25, -0.2) is 18.7 Å². The summed E-state index contributed by atoms with van der Waals surface area (Å²) in [6.07, 6.45) is 5.81. The van der Waals surface area contributed by atoms with Crippen molar-refractivity contribution in [2.45, 2.75) is 46.5 Å². The second kappa shape index (κ2) is 8.85. The average molecular weight is 460 g/mol. The van der Waals surface area contributed by atoms with E-state index in [0.717, 1.165) is 53.9 Å². The quantitative estimate of drug-likeness (QED) is 0.406. The van der Waals surface area contributed by atoms with E-state index in [1.165, 1.54) is 17.7 Å². The van der Waals surface area contributed by atoms with E-state index in [2.05, 4.69) is 10.4 Å². The molecule has 1 N–H and O–H groups in total. The van der Waals surface area contributed by atoms with Crippen LogP contribution in [0.5, 0.6) is 0 Å². The molecule has 0 aliphatic heterocycles.